The number of nitrogens with zero attached hydrogens (tertiary/aromatic N) is 2. The van der Waals surface area contributed by atoms with Crippen LogP contribution >= 0.6 is 11.3 Å². The van der Waals surface area contributed by atoms with Crippen LogP contribution < -0.4 is 11.3 Å². The maximum Gasteiger partial charge on any atom is 0.275 e. The minimum atomic E-state index is -0.377. The highest BCUT2D eigenvalue weighted by molar-refractivity contribution is 7.12. The summed E-state index contributed by atoms with van der Waals surface area (Å²) in [5.74, 6) is 4.73. The molecule has 3 heterocycles. The average molecular weight is 308 g/mol. The van der Waals surface area contributed by atoms with E-state index < -0.39 is 0 Å². The molecule has 2 aliphatic heterocycles. The Hall–Kier alpha value is -1.93. The van der Waals surface area contributed by atoms with Crippen LogP contribution in [0.2, 0.25) is 0 Å². The predicted molar refractivity (Wildman–Crippen MR) is 76.1 cm³/mol. The number of carbonyl (C=O) groups is 3. The quantitative estimate of drug-likeness (QED) is 0.455. The molecule has 1 aromatic heterocycles. The second kappa shape index (κ2) is 5.45. The van der Waals surface area contributed by atoms with Crippen molar-refractivity contribution in [2.24, 2.45) is 5.84 Å². The summed E-state index contributed by atoms with van der Waals surface area (Å²) in [6, 6.07) is 1.46. The van der Waals surface area contributed by atoms with Crippen molar-refractivity contribution in [3.8, 4) is 0 Å². The molecule has 2 aliphatic rings. The Balaban J connectivity index is 1.79. The Morgan fingerprint density at radius 1 is 1.48 bits per heavy atom. The van der Waals surface area contributed by atoms with E-state index in [0.717, 1.165) is 18.4 Å². The van der Waals surface area contributed by atoms with Crippen LogP contribution in [0.1, 0.15) is 28.1 Å². The summed E-state index contributed by atoms with van der Waals surface area (Å²) < 4.78 is 0. The van der Waals surface area contributed by atoms with E-state index in [2.05, 4.69) is 5.43 Å². The molecule has 1 unspecified atom stereocenters. The molecule has 0 saturated carbocycles. The van der Waals surface area contributed by atoms with Gasteiger partial charge in [-0.3, -0.25) is 19.8 Å². The largest absolute Gasteiger partial charge is 0.329 e. The van der Waals surface area contributed by atoms with Crippen LogP contribution in [0.5, 0.6) is 0 Å². The number of nitrogen functional groups attached to an aromatic ring is 1. The highest BCUT2D eigenvalue weighted by atomic mass is 32.1. The lowest BCUT2D eigenvalue weighted by molar-refractivity contribution is -0.154. The fourth-order valence-corrected chi connectivity index (χ4v) is 3.75. The molecule has 8 heteroatoms. The predicted octanol–water partition coefficient (Wildman–Crippen LogP) is -0.315. The molecular weight excluding hydrogens is 292 g/mol. The lowest BCUT2D eigenvalue weighted by atomic mass is 10.1. The number of nitrogens with two attached hydrogens (primary N) is 1. The van der Waals surface area contributed by atoms with Gasteiger partial charge in [-0.25, -0.2) is 5.84 Å². The molecule has 3 amide bonds. The zero-order valence-corrected chi connectivity index (χ0v) is 12.2. The second-order valence-corrected chi connectivity index (χ2v) is 6.10. The monoisotopic (exact) mass is 308 g/mol. The zero-order valence-electron chi connectivity index (χ0n) is 11.4. The van der Waals surface area contributed by atoms with E-state index in [1.165, 1.54) is 16.2 Å². The third kappa shape index (κ3) is 2.40. The summed E-state index contributed by atoms with van der Waals surface area (Å²) in [5, 5.41) is 1.78. The molecule has 112 valence electrons. The van der Waals surface area contributed by atoms with Crippen molar-refractivity contribution in [2.45, 2.75) is 25.4 Å². The Morgan fingerprint density at radius 3 is 3.05 bits per heavy atom. The molecule has 2 fully saturated rings. The molecule has 3 rings (SSSR count). The van der Waals surface area contributed by atoms with Gasteiger partial charge >= 0.3 is 0 Å². The van der Waals surface area contributed by atoms with Gasteiger partial charge in [0.15, 0.2) is 0 Å². The number of amides is 3. The summed E-state index contributed by atoms with van der Waals surface area (Å²) in [4.78, 5) is 39.8. The van der Waals surface area contributed by atoms with E-state index >= 15 is 0 Å². The molecule has 2 saturated heterocycles. The Kier molecular flexibility index (Phi) is 3.64. The summed E-state index contributed by atoms with van der Waals surface area (Å²) in [6.45, 7) is 1.01. The van der Waals surface area contributed by atoms with Crippen LogP contribution in [0, 0.1) is 0 Å². The van der Waals surface area contributed by atoms with E-state index in [9.17, 15) is 14.4 Å². The summed E-state index contributed by atoms with van der Waals surface area (Å²) >= 11 is 1.27. The van der Waals surface area contributed by atoms with Gasteiger partial charge in [0.1, 0.15) is 12.6 Å². The maximum atomic E-state index is 12.4. The highest BCUT2D eigenvalue weighted by Crippen LogP contribution is 2.26. The Morgan fingerprint density at radius 2 is 2.29 bits per heavy atom. The third-order valence-electron chi connectivity index (χ3n) is 3.94. The van der Waals surface area contributed by atoms with Crippen LogP contribution in [0.4, 0.5) is 0 Å². The van der Waals surface area contributed by atoms with Crippen molar-refractivity contribution in [3.05, 3.63) is 21.9 Å². The molecule has 0 bridgehead atoms. The highest BCUT2D eigenvalue weighted by Gasteiger charge is 2.41. The normalized spacial score (nSPS) is 21.7. The van der Waals surface area contributed by atoms with Crippen LogP contribution in [0.3, 0.4) is 0 Å². The van der Waals surface area contributed by atoms with E-state index in [4.69, 9.17) is 5.84 Å². The Bertz CT molecular complexity index is 600. The molecule has 1 aromatic rings. The number of nitrogens with one attached hydrogen (secondary N) is 1. The first-order valence-electron chi connectivity index (χ1n) is 6.77. The van der Waals surface area contributed by atoms with Gasteiger partial charge in [-0.15, -0.1) is 11.3 Å². The first-order valence-corrected chi connectivity index (χ1v) is 7.65. The lowest BCUT2D eigenvalue weighted by Gasteiger charge is -2.36. The van der Waals surface area contributed by atoms with Gasteiger partial charge in [-0.05, 0) is 29.9 Å². The van der Waals surface area contributed by atoms with Gasteiger partial charge in [0.25, 0.3) is 5.91 Å². The van der Waals surface area contributed by atoms with E-state index in [0.29, 0.717) is 11.4 Å². The van der Waals surface area contributed by atoms with Crippen LogP contribution in [0.15, 0.2) is 11.4 Å². The second-order valence-electron chi connectivity index (χ2n) is 5.19. The fraction of sp³-hybridized carbons (Fsp3) is 0.462. The number of rotatable bonds is 3. The van der Waals surface area contributed by atoms with Gasteiger partial charge in [0, 0.05) is 13.1 Å². The van der Waals surface area contributed by atoms with E-state index in [1.807, 2.05) is 0 Å². The minimum absolute atomic E-state index is 0.0165. The van der Waals surface area contributed by atoms with Gasteiger partial charge in [0.2, 0.25) is 11.8 Å². The number of hydrazine groups is 1. The van der Waals surface area contributed by atoms with Crippen molar-refractivity contribution in [3.63, 3.8) is 0 Å². The first kappa shape index (κ1) is 14.0. The third-order valence-corrected chi connectivity index (χ3v) is 4.90. The molecule has 0 spiro atoms. The van der Waals surface area contributed by atoms with Gasteiger partial charge < -0.3 is 9.80 Å². The number of hydrogen-bond donors (Lipinski definition) is 2. The van der Waals surface area contributed by atoms with E-state index in [-0.39, 0.29) is 36.9 Å². The number of thiophene rings is 1. The molecule has 0 radical (unpaired) electrons. The number of fused-ring (bicyclic) bond motifs is 1. The van der Waals surface area contributed by atoms with Gasteiger partial charge in [-0.1, -0.05) is 0 Å². The van der Waals surface area contributed by atoms with Crippen molar-refractivity contribution in [2.75, 3.05) is 13.1 Å². The average Bonchev–Trinajstić information content (AvgIpc) is 3.12. The van der Waals surface area contributed by atoms with Crippen molar-refractivity contribution in [1.82, 2.24) is 15.2 Å². The molecule has 1 atom stereocenters. The van der Waals surface area contributed by atoms with Gasteiger partial charge in [0.05, 0.1) is 4.88 Å². The topological polar surface area (TPSA) is 95.7 Å². The van der Waals surface area contributed by atoms with Gasteiger partial charge in [-0.2, -0.15) is 0 Å². The molecule has 7 nitrogen and oxygen atoms in total. The summed E-state index contributed by atoms with van der Waals surface area (Å²) in [7, 11) is 0. The smallest absolute Gasteiger partial charge is 0.275 e. The summed E-state index contributed by atoms with van der Waals surface area (Å²) in [6.07, 6.45) is 1.59. The fourth-order valence-electron chi connectivity index (χ4n) is 2.93. The van der Waals surface area contributed by atoms with Crippen molar-refractivity contribution < 1.29 is 14.4 Å². The van der Waals surface area contributed by atoms with Crippen LogP contribution in [0.25, 0.3) is 0 Å². The molecular formula is C13H16N4O3S. The molecule has 0 aliphatic carbocycles. The first-order chi connectivity index (χ1) is 10.1. The van der Waals surface area contributed by atoms with Crippen molar-refractivity contribution in [1.29, 1.82) is 0 Å². The molecule has 21 heavy (non-hydrogen) atoms. The lowest BCUT2D eigenvalue weighted by Crippen LogP contribution is -2.56. The maximum absolute atomic E-state index is 12.4. The van der Waals surface area contributed by atoms with E-state index in [1.54, 1.807) is 16.3 Å². The SMILES string of the molecule is NNC(=O)c1sccc1CN1CC(=O)N2CCCC2C1=O. The van der Waals surface area contributed by atoms with Crippen LogP contribution in [-0.4, -0.2) is 46.7 Å². The number of hydrogen-bond acceptors (Lipinski definition) is 5. The minimum Gasteiger partial charge on any atom is -0.329 e. The zero-order chi connectivity index (χ0) is 15.0. The standard InChI is InChI=1S/C13H16N4O3S/c14-15-12(19)11-8(3-5-21-11)6-16-7-10(18)17-4-1-2-9(17)13(16)20/h3,5,9H,1-2,4,6-7,14H2,(H,15,19). The van der Waals surface area contributed by atoms with Crippen LogP contribution in [-0.2, 0) is 16.1 Å². The Labute approximate surface area is 125 Å². The van der Waals surface area contributed by atoms with Crippen molar-refractivity contribution >= 4 is 29.1 Å². The summed E-state index contributed by atoms with van der Waals surface area (Å²) in [5.41, 5.74) is 2.81. The number of piperazine rings is 1. The molecule has 3 N–H and O–H groups in total. The molecule has 0 aromatic carbocycles. The number of carbonyl (C=O) groups excluding carboxylic acids is 3.